The first-order valence-electron chi connectivity index (χ1n) is 16.3. The Bertz CT molecular complexity index is 1340. The summed E-state index contributed by atoms with van der Waals surface area (Å²) in [7, 11) is 0. The number of hydrogen-bond acceptors (Lipinski definition) is 5. The van der Waals surface area contributed by atoms with Crippen molar-refractivity contribution in [3.05, 3.63) is 64.4 Å². The number of aryl methyl sites for hydroxylation is 2. The van der Waals surface area contributed by atoms with E-state index in [0.29, 0.717) is 35.5 Å². The van der Waals surface area contributed by atoms with Gasteiger partial charge in [-0.05, 0) is 87.3 Å². The van der Waals surface area contributed by atoms with Crippen LogP contribution in [0.1, 0.15) is 124 Å². The molecule has 0 radical (unpaired) electrons. The van der Waals surface area contributed by atoms with Crippen LogP contribution in [-0.4, -0.2) is 42.0 Å². The van der Waals surface area contributed by atoms with Gasteiger partial charge in [-0.2, -0.15) is 0 Å². The van der Waals surface area contributed by atoms with Crippen LogP contribution in [0.5, 0.6) is 0 Å². The maximum atomic E-state index is 13.5. The average Bonchev–Trinajstić information content (AvgIpc) is 3.66. The number of ether oxygens (including phenoxy) is 1. The molecule has 0 aliphatic heterocycles. The van der Waals surface area contributed by atoms with Crippen LogP contribution in [0.25, 0.3) is 11.0 Å². The van der Waals surface area contributed by atoms with Crippen LogP contribution >= 0.6 is 17.0 Å². The fourth-order valence-corrected chi connectivity index (χ4v) is 6.53. The van der Waals surface area contributed by atoms with Gasteiger partial charge in [0, 0.05) is 41.7 Å². The number of furan rings is 1. The van der Waals surface area contributed by atoms with Crippen LogP contribution in [0, 0.1) is 0 Å². The molecule has 4 rings (SSSR count). The van der Waals surface area contributed by atoms with Crippen molar-refractivity contribution in [2.45, 2.75) is 117 Å². The van der Waals surface area contributed by atoms with Crippen molar-refractivity contribution in [1.82, 2.24) is 4.90 Å². The number of benzene rings is 2. The van der Waals surface area contributed by atoms with E-state index in [1.807, 2.05) is 38.1 Å². The van der Waals surface area contributed by atoms with E-state index in [-0.39, 0.29) is 22.9 Å². The second kappa shape index (κ2) is 17.0. The number of hydrogen-bond donors (Lipinski definition) is 1. The lowest BCUT2D eigenvalue weighted by molar-refractivity contribution is 0.0502. The molecule has 1 aromatic heterocycles. The van der Waals surface area contributed by atoms with E-state index in [4.69, 9.17) is 9.15 Å². The van der Waals surface area contributed by atoms with E-state index in [1.54, 1.807) is 12.1 Å². The number of rotatable bonds is 15. The highest BCUT2D eigenvalue weighted by Gasteiger charge is 2.28. The van der Waals surface area contributed by atoms with Gasteiger partial charge >= 0.3 is 5.97 Å². The Morgan fingerprint density at radius 3 is 2.35 bits per heavy atom. The summed E-state index contributed by atoms with van der Waals surface area (Å²) >= 11 is 0. The quantitative estimate of drug-likeness (QED) is 0.165. The molecule has 1 aliphatic carbocycles. The molecule has 7 heteroatoms. The fourth-order valence-electron chi connectivity index (χ4n) is 6.53. The van der Waals surface area contributed by atoms with E-state index in [9.17, 15) is 9.59 Å². The van der Waals surface area contributed by atoms with Crippen molar-refractivity contribution in [1.29, 1.82) is 0 Å². The Morgan fingerprint density at radius 1 is 0.953 bits per heavy atom. The van der Waals surface area contributed by atoms with Gasteiger partial charge in [-0.25, -0.2) is 4.79 Å². The summed E-state index contributed by atoms with van der Waals surface area (Å²) in [5.41, 5.74) is 4.43. The standard InChI is InChI=1S/C36H50N2O4.BrH/c1-6-13-33-29(20-21-38(27(9-4)10-5)28-14-11-12-15-28)31-24-26(17-19-34(31)42-33)37-35(39)30-18-16-25(8-3)23-32(30)36(40)41-22-7-2;/h16-19,23-24,27-28H,6-15,20-22H2,1-5H3,(H,37,39);1H. The Kier molecular flexibility index (Phi) is 13.8. The first-order valence-corrected chi connectivity index (χ1v) is 16.3. The second-order valence-electron chi connectivity index (χ2n) is 11.7. The molecule has 3 aromatic rings. The molecular formula is C36H51BrN2O4. The minimum Gasteiger partial charge on any atom is -0.462 e. The van der Waals surface area contributed by atoms with Gasteiger partial charge in [0.05, 0.1) is 17.7 Å². The topological polar surface area (TPSA) is 71.8 Å². The highest BCUT2D eigenvalue weighted by Crippen LogP contribution is 2.32. The van der Waals surface area contributed by atoms with Crippen LogP contribution < -0.4 is 5.32 Å². The van der Waals surface area contributed by atoms with Crippen LogP contribution in [0.4, 0.5) is 5.69 Å². The molecule has 0 saturated heterocycles. The molecule has 0 atom stereocenters. The third-order valence-corrected chi connectivity index (χ3v) is 8.83. The van der Waals surface area contributed by atoms with Crippen molar-refractivity contribution >= 4 is 45.5 Å². The summed E-state index contributed by atoms with van der Waals surface area (Å²) in [5, 5.41) is 4.12. The summed E-state index contributed by atoms with van der Waals surface area (Å²) in [6.07, 6.45) is 11.9. The van der Waals surface area contributed by atoms with Gasteiger partial charge in [-0.15, -0.1) is 17.0 Å². The van der Waals surface area contributed by atoms with Gasteiger partial charge in [0.15, 0.2) is 0 Å². The Balaban J connectivity index is 0.00000506. The monoisotopic (exact) mass is 654 g/mol. The summed E-state index contributed by atoms with van der Waals surface area (Å²) in [5.74, 6) is 0.279. The van der Waals surface area contributed by atoms with Gasteiger partial charge in [0.1, 0.15) is 11.3 Å². The Labute approximate surface area is 268 Å². The van der Waals surface area contributed by atoms with Crippen molar-refractivity contribution in [2.24, 2.45) is 0 Å². The zero-order valence-electron chi connectivity index (χ0n) is 26.8. The zero-order chi connectivity index (χ0) is 30.1. The lowest BCUT2D eigenvalue weighted by atomic mass is 10.0. The number of amides is 1. The zero-order valence-corrected chi connectivity index (χ0v) is 28.5. The smallest absolute Gasteiger partial charge is 0.338 e. The molecule has 43 heavy (non-hydrogen) atoms. The highest BCUT2D eigenvalue weighted by molar-refractivity contribution is 8.93. The Morgan fingerprint density at radius 2 is 1.70 bits per heavy atom. The maximum Gasteiger partial charge on any atom is 0.338 e. The molecule has 1 saturated carbocycles. The number of halogens is 1. The minimum absolute atomic E-state index is 0. The molecule has 1 heterocycles. The molecule has 236 valence electrons. The lowest BCUT2D eigenvalue weighted by Gasteiger charge is -2.36. The van der Waals surface area contributed by atoms with Gasteiger partial charge in [0.25, 0.3) is 5.91 Å². The second-order valence-corrected chi connectivity index (χ2v) is 11.7. The van der Waals surface area contributed by atoms with Crippen LogP contribution in [0.15, 0.2) is 40.8 Å². The van der Waals surface area contributed by atoms with Gasteiger partial charge in [0.2, 0.25) is 0 Å². The first kappa shape index (κ1) is 34.8. The predicted molar refractivity (Wildman–Crippen MR) is 182 cm³/mol. The molecule has 1 amide bonds. The predicted octanol–water partition coefficient (Wildman–Crippen LogP) is 9.32. The molecule has 0 unspecified atom stereocenters. The van der Waals surface area contributed by atoms with E-state index in [1.165, 1.54) is 44.1 Å². The number of anilines is 1. The summed E-state index contributed by atoms with van der Waals surface area (Å²) < 4.78 is 11.8. The number of carbonyl (C=O) groups excluding carboxylic acids is 2. The van der Waals surface area contributed by atoms with Crippen LogP contribution in [0.2, 0.25) is 0 Å². The number of fused-ring (bicyclic) bond motifs is 1. The first-order chi connectivity index (χ1) is 20.4. The number of carbonyl (C=O) groups is 2. The van der Waals surface area contributed by atoms with E-state index >= 15 is 0 Å². The van der Waals surface area contributed by atoms with Crippen molar-refractivity contribution in [2.75, 3.05) is 18.5 Å². The maximum absolute atomic E-state index is 13.5. The molecule has 0 spiro atoms. The van der Waals surface area contributed by atoms with Crippen molar-refractivity contribution in [3.63, 3.8) is 0 Å². The van der Waals surface area contributed by atoms with Crippen LogP contribution in [0.3, 0.4) is 0 Å². The number of nitrogens with one attached hydrogen (secondary N) is 1. The highest BCUT2D eigenvalue weighted by atomic mass is 79.9. The average molecular weight is 656 g/mol. The van der Waals surface area contributed by atoms with Crippen molar-refractivity contribution in [3.8, 4) is 0 Å². The van der Waals surface area contributed by atoms with Crippen molar-refractivity contribution < 1.29 is 18.7 Å². The van der Waals surface area contributed by atoms with Gasteiger partial charge in [-0.3, -0.25) is 9.69 Å². The molecule has 1 fully saturated rings. The number of esters is 1. The van der Waals surface area contributed by atoms with Gasteiger partial charge < -0.3 is 14.5 Å². The molecule has 1 aliphatic rings. The molecule has 0 bridgehead atoms. The van der Waals surface area contributed by atoms with E-state index in [2.05, 4.69) is 31.0 Å². The molecule has 6 nitrogen and oxygen atoms in total. The normalized spacial score (nSPS) is 13.6. The fraction of sp³-hybridized carbons (Fsp3) is 0.556. The molecule has 1 N–H and O–H groups in total. The molecular weight excluding hydrogens is 604 g/mol. The van der Waals surface area contributed by atoms with Crippen LogP contribution in [-0.2, 0) is 24.0 Å². The third-order valence-electron chi connectivity index (χ3n) is 8.83. The largest absolute Gasteiger partial charge is 0.462 e. The lowest BCUT2D eigenvalue weighted by Crippen LogP contribution is -2.42. The van der Waals surface area contributed by atoms with E-state index in [0.717, 1.165) is 60.9 Å². The SMILES string of the molecule is Br.CCCOC(=O)c1cc(CC)ccc1C(=O)Nc1ccc2oc(CCC)c(CCN(C(CC)CC)C3CCCC3)c2c1. The molecule has 2 aromatic carbocycles. The Hall–Kier alpha value is -2.64. The van der Waals surface area contributed by atoms with Gasteiger partial charge in [-0.1, -0.05) is 53.5 Å². The third kappa shape index (κ3) is 8.51. The number of nitrogens with zero attached hydrogens (tertiary/aromatic N) is 1. The summed E-state index contributed by atoms with van der Waals surface area (Å²) in [6.45, 7) is 12.1. The summed E-state index contributed by atoms with van der Waals surface area (Å²) in [4.78, 5) is 29.1. The minimum atomic E-state index is -0.460. The van der Waals surface area contributed by atoms with E-state index < -0.39 is 5.97 Å². The summed E-state index contributed by atoms with van der Waals surface area (Å²) in [6, 6.07) is 12.6.